The lowest BCUT2D eigenvalue weighted by atomic mass is 10.1. The third-order valence-electron chi connectivity index (χ3n) is 4.57. The molecule has 0 unspecified atom stereocenters. The van der Waals surface area contributed by atoms with Gasteiger partial charge in [-0.25, -0.2) is 9.97 Å². The molecule has 3 aromatic rings. The highest BCUT2D eigenvalue weighted by molar-refractivity contribution is 5.86. The first-order chi connectivity index (χ1) is 12.0. The second-order valence-corrected chi connectivity index (χ2v) is 6.76. The van der Waals surface area contributed by atoms with Crippen LogP contribution in [0.1, 0.15) is 30.8 Å². The quantitative estimate of drug-likeness (QED) is 0.748. The summed E-state index contributed by atoms with van der Waals surface area (Å²) in [5.41, 5.74) is 3.46. The first kappa shape index (κ1) is 17.4. The van der Waals surface area contributed by atoms with Gasteiger partial charge in [0.15, 0.2) is 5.65 Å². The molecule has 2 heterocycles. The van der Waals surface area contributed by atoms with Gasteiger partial charge in [0.05, 0.1) is 11.6 Å². The van der Waals surface area contributed by atoms with E-state index in [1.807, 2.05) is 20.2 Å². The molecule has 1 N–H and O–H groups in total. The Kier molecular flexibility index (Phi) is 4.99. The van der Waals surface area contributed by atoms with Crippen LogP contribution in [0.3, 0.4) is 0 Å². The fraction of sp³-hybridized carbons (Fsp3) is 0.421. The van der Waals surface area contributed by atoms with Crippen molar-refractivity contribution in [1.82, 2.24) is 24.6 Å². The summed E-state index contributed by atoms with van der Waals surface area (Å²) in [7, 11) is 4.05. The summed E-state index contributed by atoms with van der Waals surface area (Å²) in [5.74, 6) is 1.58. The fourth-order valence-electron chi connectivity index (χ4n) is 2.78. The van der Waals surface area contributed by atoms with Crippen LogP contribution in [-0.2, 0) is 20.1 Å². The third kappa shape index (κ3) is 3.79. The molecule has 6 heteroatoms. The molecule has 3 rings (SSSR count). The summed E-state index contributed by atoms with van der Waals surface area (Å²) in [4.78, 5) is 11.4. The van der Waals surface area contributed by atoms with Crippen molar-refractivity contribution in [2.45, 2.75) is 39.9 Å². The zero-order valence-corrected chi connectivity index (χ0v) is 15.6. The molecular weight excluding hydrogens is 312 g/mol. The minimum Gasteiger partial charge on any atom is -0.365 e. The number of hydrogen-bond donors (Lipinski definition) is 1. The summed E-state index contributed by atoms with van der Waals surface area (Å²) < 4.78 is 1.78. The normalized spacial score (nSPS) is 11.6. The van der Waals surface area contributed by atoms with Crippen LogP contribution in [-0.4, -0.2) is 37.7 Å². The smallest absolute Gasteiger partial charge is 0.163 e. The lowest BCUT2D eigenvalue weighted by molar-refractivity contribution is 0.265. The van der Waals surface area contributed by atoms with Gasteiger partial charge in [0.2, 0.25) is 0 Å². The predicted molar refractivity (Wildman–Crippen MR) is 101 cm³/mol. The maximum Gasteiger partial charge on any atom is 0.163 e. The van der Waals surface area contributed by atoms with Gasteiger partial charge in [0.25, 0.3) is 0 Å². The average molecular weight is 338 g/mol. The average Bonchev–Trinajstić information content (AvgIpc) is 2.95. The molecule has 6 nitrogen and oxygen atoms in total. The highest BCUT2D eigenvalue weighted by atomic mass is 15.3. The van der Waals surface area contributed by atoms with Crippen LogP contribution in [0.25, 0.3) is 11.0 Å². The number of aryl methyl sites for hydroxylation is 2. The molecule has 0 bridgehead atoms. The lowest BCUT2D eigenvalue weighted by Gasteiger charge is -2.22. The maximum atomic E-state index is 4.56. The summed E-state index contributed by atoms with van der Waals surface area (Å²) >= 11 is 0. The summed E-state index contributed by atoms with van der Waals surface area (Å²) in [6.45, 7) is 7.99. The van der Waals surface area contributed by atoms with Gasteiger partial charge >= 0.3 is 0 Å². The van der Waals surface area contributed by atoms with Crippen LogP contribution in [0.2, 0.25) is 0 Å². The van der Waals surface area contributed by atoms with E-state index < -0.39 is 0 Å². The van der Waals surface area contributed by atoms with E-state index in [2.05, 4.69) is 70.4 Å². The number of benzene rings is 1. The lowest BCUT2D eigenvalue weighted by Crippen LogP contribution is -2.26. The van der Waals surface area contributed by atoms with Crippen molar-refractivity contribution < 1.29 is 0 Å². The Labute approximate surface area is 148 Å². The van der Waals surface area contributed by atoms with Crippen LogP contribution >= 0.6 is 0 Å². The largest absolute Gasteiger partial charge is 0.365 e. The van der Waals surface area contributed by atoms with Gasteiger partial charge in [-0.3, -0.25) is 9.58 Å². The van der Waals surface area contributed by atoms with Crippen LogP contribution in [0.4, 0.5) is 5.82 Å². The highest BCUT2D eigenvalue weighted by Crippen LogP contribution is 2.21. The molecule has 0 aliphatic carbocycles. The van der Waals surface area contributed by atoms with Crippen molar-refractivity contribution in [3.63, 3.8) is 0 Å². The fourth-order valence-corrected chi connectivity index (χ4v) is 2.78. The van der Waals surface area contributed by atoms with Gasteiger partial charge in [-0.2, -0.15) is 5.10 Å². The molecule has 0 saturated carbocycles. The molecular formula is C19H26N6. The summed E-state index contributed by atoms with van der Waals surface area (Å²) in [5, 5.41) is 8.72. The van der Waals surface area contributed by atoms with E-state index >= 15 is 0 Å². The molecule has 1 aromatic carbocycles. The predicted octanol–water partition coefficient (Wildman–Crippen LogP) is 3.12. The van der Waals surface area contributed by atoms with Gasteiger partial charge < -0.3 is 5.32 Å². The van der Waals surface area contributed by atoms with Gasteiger partial charge in [0.1, 0.15) is 11.6 Å². The maximum absolute atomic E-state index is 4.56. The summed E-state index contributed by atoms with van der Waals surface area (Å²) in [6, 6.07) is 9.06. The van der Waals surface area contributed by atoms with E-state index in [-0.39, 0.29) is 0 Å². The Bertz CT molecular complexity index is 867. The minimum atomic E-state index is 0.514. The Morgan fingerprint density at radius 1 is 1.16 bits per heavy atom. The molecule has 0 amide bonds. The number of fused-ring (bicyclic) bond motifs is 1. The zero-order valence-electron chi connectivity index (χ0n) is 15.6. The van der Waals surface area contributed by atoms with E-state index in [1.165, 1.54) is 11.1 Å². The Morgan fingerprint density at radius 3 is 2.60 bits per heavy atom. The number of rotatable bonds is 6. The van der Waals surface area contributed by atoms with Crippen LogP contribution in [0, 0.1) is 6.92 Å². The SMILES string of the molecule is Cc1nc(NCc2ccccc2CN(C)C(C)C)c2cnn(C)c2n1. The minimum absolute atomic E-state index is 0.514. The molecule has 0 atom stereocenters. The van der Waals surface area contributed by atoms with Crippen molar-refractivity contribution in [2.75, 3.05) is 12.4 Å². The highest BCUT2D eigenvalue weighted by Gasteiger charge is 2.11. The van der Waals surface area contributed by atoms with Crippen molar-refractivity contribution in [3.05, 3.63) is 47.4 Å². The van der Waals surface area contributed by atoms with E-state index in [0.717, 1.165) is 35.8 Å². The van der Waals surface area contributed by atoms with Gasteiger partial charge in [-0.15, -0.1) is 0 Å². The van der Waals surface area contributed by atoms with Gasteiger partial charge in [-0.1, -0.05) is 24.3 Å². The molecule has 25 heavy (non-hydrogen) atoms. The second kappa shape index (κ2) is 7.19. The van der Waals surface area contributed by atoms with E-state index in [0.29, 0.717) is 6.04 Å². The van der Waals surface area contributed by atoms with Crippen molar-refractivity contribution >= 4 is 16.9 Å². The first-order valence-electron chi connectivity index (χ1n) is 8.63. The molecule has 0 aliphatic heterocycles. The van der Waals surface area contributed by atoms with Crippen molar-refractivity contribution in [2.24, 2.45) is 7.05 Å². The Morgan fingerprint density at radius 2 is 1.88 bits per heavy atom. The molecule has 2 aromatic heterocycles. The van der Waals surface area contributed by atoms with E-state index in [1.54, 1.807) is 4.68 Å². The standard InChI is InChI=1S/C19H26N6/c1-13(2)24(4)12-16-9-7-6-8-15(16)10-20-18-17-11-21-25(5)19(17)23-14(3)22-18/h6-9,11,13H,10,12H2,1-5H3,(H,20,22,23). The third-order valence-corrected chi connectivity index (χ3v) is 4.57. The van der Waals surface area contributed by atoms with Crippen LogP contribution in [0.5, 0.6) is 0 Å². The van der Waals surface area contributed by atoms with Gasteiger partial charge in [0, 0.05) is 26.2 Å². The molecule has 0 fully saturated rings. The zero-order chi connectivity index (χ0) is 18.0. The second-order valence-electron chi connectivity index (χ2n) is 6.76. The topological polar surface area (TPSA) is 58.9 Å². The molecule has 0 spiro atoms. The van der Waals surface area contributed by atoms with Crippen molar-refractivity contribution in [3.8, 4) is 0 Å². The number of nitrogens with one attached hydrogen (secondary N) is 1. The Balaban J connectivity index is 1.83. The molecule has 0 saturated heterocycles. The van der Waals surface area contributed by atoms with E-state index in [4.69, 9.17) is 0 Å². The van der Waals surface area contributed by atoms with Gasteiger partial charge in [-0.05, 0) is 38.9 Å². The Hall–Kier alpha value is -2.47. The number of aromatic nitrogens is 4. The van der Waals surface area contributed by atoms with Crippen LogP contribution in [0.15, 0.2) is 30.5 Å². The van der Waals surface area contributed by atoms with Crippen molar-refractivity contribution in [1.29, 1.82) is 0 Å². The molecule has 0 radical (unpaired) electrons. The summed E-state index contributed by atoms with van der Waals surface area (Å²) in [6.07, 6.45) is 1.82. The molecule has 0 aliphatic rings. The number of nitrogens with zero attached hydrogens (tertiary/aromatic N) is 5. The molecule has 132 valence electrons. The first-order valence-corrected chi connectivity index (χ1v) is 8.63. The van der Waals surface area contributed by atoms with E-state index in [9.17, 15) is 0 Å². The number of anilines is 1. The monoisotopic (exact) mass is 338 g/mol. The van der Waals surface area contributed by atoms with Crippen LogP contribution < -0.4 is 5.32 Å². The number of hydrogen-bond acceptors (Lipinski definition) is 5.